The summed E-state index contributed by atoms with van der Waals surface area (Å²) in [5.41, 5.74) is 5.12. The van der Waals surface area contributed by atoms with Crippen molar-refractivity contribution in [1.29, 1.82) is 0 Å². The molecule has 1 fully saturated rings. The zero-order valence-electron chi connectivity index (χ0n) is 2.89. The number of aliphatic hydroxyl groups excluding tert-OH is 1. The van der Waals surface area contributed by atoms with Gasteiger partial charge in [0.25, 0.3) is 0 Å². The summed E-state index contributed by atoms with van der Waals surface area (Å²) in [5.74, 6) is 0. The average molecular weight is 73.1 g/mol. The van der Waals surface area contributed by atoms with E-state index in [1.165, 1.54) is 0 Å². The molecule has 5 heavy (non-hydrogen) atoms. The van der Waals surface area contributed by atoms with Gasteiger partial charge in [-0.05, 0) is 6.42 Å². The minimum atomic E-state index is -0.171. The monoisotopic (exact) mass is 73.1 g/mol. The highest BCUT2D eigenvalue weighted by Gasteiger charge is 2.30. The lowest BCUT2D eigenvalue weighted by molar-refractivity contribution is 0.272. The highest BCUT2D eigenvalue weighted by Crippen LogP contribution is 2.15. The Balaban J connectivity index is 2.20. The molecule has 30 valence electrons. The number of rotatable bonds is 0. The molecule has 0 aromatic carbocycles. The van der Waals surface area contributed by atoms with Gasteiger partial charge in [-0.1, -0.05) is 0 Å². The van der Waals surface area contributed by atoms with Crippen LogP contribution in [0.1, 0.15) is 6.42 Å². The molecule has 1 aliphatic carbocycles. The second-order valence-electron chi connectivity index (χ2n) is 1.47. The van der Waals surface area contributed by atoms with Crippen LogP contribution in [0.25, 0.3) is 0 Å². The Morgan fingerprint density at radius 1 is 1.80 bits per heavy atom. The summed E-state index contributed by atoms with van der Waals surface area (Å²) < 4.78 is 0. The molecule has 0 aromatic rings. The SMILES string of the molecule is NC1CC1O. The quantitative estimate of drug-likeness (QED) is 0.389. The first-order chi connectivity index (χ1) is 2.30. The summed E-state index contributed by atoms with van der Waals surface area (Å²) >= 11 is 0. The first-order valence-electron chi connectivity index (χ1n) is 1.74. The molecule has 2 atom stereocenters. The molecule has 1 aliphatic rings. The van der Waals surface area contributed by atoms with Gasteiger partial charge in [-0.2, -0.15) is 0 Å². The molecule has 2 heteroatoms. The van der Waals surface area contributed by atoms with E-state index in [0.29, 0.717) is 0 Å². The molecular formula is C3H7NO. The van der Waals surface area contributed by atoms with Crippen molar-refractivity contribution in [1.82, 2.24) is 0 Å². The Labute approximate surface area is 30.6 Å². The lowest BCUT2D eigenvalue weighted by Crippen LogP contribution is -2.03. The first-order valence-corrected chi connectivity index (χ1v) is 1.74. The molecule has 0 radical (unpaired) electrons. The van der Waals surface area contributed by atoms with Crippen LogP contribution in [0.3, 0.4) is 0 Å². The maximum Gasteiger partial charge on any atom is 0.0707 e. The van der Waals surface area contributed by atoms with Crippen molar-refractivity contribution in [3.63, 3.8) is 0 Å². The molecule has 0 saturated heterocycles. The summed E-state index contributed by atoms with van der Waals surface area (Å²) in [4.78, 5) is 0. The van der Waals surface area contributed by atoms with Gasteiger partial charge in [0.05, 0.1) is 6.10 Å². The van der Waals surface area contributed by atoms with E-state index in [1.54, 1.807) is 0 Å². The molecule has 1 rings (SSSR count). The van der Waals surface area contributed by atoms with Crippen LogP contribution < -0.4 is 5.73 Å². The van der Waals surface area contributed by atoms with Gasteiger partial charge in [-0.25, -0.2) is 0 Å². The maximum absolute atomic E-state index is 8.31. The summed E-state index contributed by atoms with van der Waals surface area (Å²) in [7, 11) is 0. The van der Waals surface area contributed by atoms with Crippen LogP contribution in [0.4, 0.5) is 0 Å². The van der Waals surface area contributed by atoms with Crippen LogP contribution in [0.5, 0.6) is 0 Å². The third-order valence-corrected chi connectivity index (χ3v) is 0.805. The van der Waals surface area contributed by atoms with E-state index in [-0.39, 0.29) is 12.1 Å². The Hall–Kier alpha value is -0.0800. The van der Waals surface area contributed by atoms with E-state index >= 15 is 0 Å². The second-order valence-corrected chi connectivity index (χ2v) is 1.47. The smallest absolute Gasteiger partial charge is 0.0707 e. The molecule has 1 saturated carbocycles. The first kappa shape index (κ1) is 3.12. The van der Waals surface area contributed by atoms with Gasteiger partial charge in [0.15, 0.2) is 0 Å². The van der Waals surface area contributed by atoms with Crippen molar-refractivity contribution in [3.05, 3.63) is 0 Å². The number of nitrogens with two attached hydrogens (primary N) is 1. The molecule has 0 spiro atoms. The number of aliphatic hydroxyl groups is 1. The van der Waals surface area contributed by atoms with Crippen LogP contribution in [0.15, 0.2) is 0 Å². The molecular weight excluding hydrogens is 66.0 g/mol. The third-order valence-electron chi connectivity index (χ3n) is 0.805. The van der Waals surface area contributed by atoms with E-state index in [9.17, 15) is 0 Å². The van der Waals surface area contributed by atoms with Gasteiger partial charge >= 0.3 is 0 Å². The van der Waals surface area contributed by atoms with Crippen LogP contribution in [0, 0.1) is 0 Å². The summed E-state index contributed by atoms with van der Waals surface area (Å²) in [5, 5.41) is 8.31. The molecule has 3 N–H and O–H groups in total. The van der Waals surface area contributed by atoms with Gasteiger partial charge < -0.3 is 10.8 Å². The van der Waals surface area contributed by atoms with Crippen LogP contribution >= 0.6 is 0 Å². The van der Waals surface area contributed by atoms with Crippen molar-refractivity contribution in [2.75, 3.05) is 0 Å². The van der Waals surface area contributed by atoms with E-state index in [0.717, 1.165) is 6.42 Å². The molecule has 2 unspecified atom stereocenters. The topological polar surface area (TPSA) is 46.2 Å². The number of hydrogen-bond donors (Lipinski definition) is 2. The highest BCUT2D eigenvalue weighted by atomic mass is 16.3. The molecule has 0 aliphatic heterocycles. The third kappa shape index (κ3) is 0.412. The molecule has 2 nitrogen and oxygen atoms in total. The van der Waals surface area contributed by atoms with E-state index in [1.807, 2.05) is 0 Å². The van der Waals surface area contributed by atoms with Gasteiger partial charge in [-0.15, -0.1) is 0 Å². The van der Waals surface area contributed by atoms with Crippen molar-refractivity contribution < 1.29 is 5.11 Å². The summed E-state index contributed by atoms with van der Waals surface area (Å²) in [6.45, 7) is 0. The fourth-order valence-corrected chi connectivity index (χ4v) is 0.200. The standard InChI is InChI=1S/C3H7NO/c4-2-1-3(2)5/h2-3,5H,1,4H2. The minimum absolute atomic E-state index is 0.106. The van der Waals surface area contributed by atoms with Crippen LogP contribution in [-0.2, 0) is 0 Å². The normalized spacial score (nSPS) is 49.2. The lowest BCUT2D eigenvalue weighted by Gasteiger charge is -1.70. The van der Waals surface area contributed by atoms with Gasteiger partial charge in [-0.3, -0.25) is 0 Å². The Bertz CT molecular complexity index is 40.2. The fourth-order valence-electron chi connectivity index (χ4n) is 0.200. The second kappa shape index (κ2) is 0.698. The molecule has 0 bridgehead atoms. The minimum Gasteiger partial charge on any atom is -0.391 e. The molecule has 0 amide bonds. The van der Waals surface area contributed by atoms with Gasteiger partial charge in [0.1, 0.15) is 0 Å². The predicted molar refractivity (Wildman–Crippen MR) is 18.6 cm³/mol. The van der Waals surface area contributed by atoms with Gasteiger partial charge in [0.2, 0.25) is 0 Å². The molecule has 0 heterocycles. The average Bonchev–Trinajstić information content (AvgIpc) is 1.79. The summed E-state index contributed by atoms with van der Waals surface area (Å²) in [6, 6.07) is 0.106. The number of hydrogen-bond acceptors (Lipinski definition) is 2. The van der Waals surface area contributed by atoms with E-state index < -0.39 is 0 Å². The molecule has 0 aromatic heterocycles. The lowest BCUT2D eigenvalue weighted by atomic mass is 10.8. The van der Waals surface area contributed by atoms with Crippen molar-refractivity contribution >= 4 is 0 Å². The van der Waals surface area contributed by atoms with E-state index in [2.05, 4.69) is 0 Å². The van der Waals surface area contributed by atoms with Crippen LogP contribution in [-0.4, -0.2) is 17.3 Å². The fraction of sp³-hybridized carbons (Fsp3) is 1.00. The van der Waals surface area contributed by atoms with Crippen molar-refractivity contribution in [3.8, 4) is 0 Å². The Morgan fingerprint density at radius 3 is 2.00 bits per heavy atom. The van der Waals surface area contributed by atoms with E-state index in [4.69, 9.17) is 10.8 Å². The van der Waals surface area contributed by atoms with Gasteiger partial charge in [0, 0.05) is 6.04 Å². The maximum atomic E-state index is 8.31. The van der Waals surface area contributed by atoms with Crippen molar-refractivity contribution in [2.45, 2.75) is 18.6 Å². The zero-order chi connectivity index (χ0) is 3.86. The highest BCUT2D eigenvalue weighted by molar-refractivity contribution is 4.89. The zero-order valence-corrected chi connectivity index (χ0v) is 2.89. The Morgan fingerprint density at radius 2 is 2.00 bits per heavy atom. The van der Waals surface area contributed by atoms with Crippen molar-refractivity contribution in [2.24, 2.45) is 5.73 Å². The predicted octanol–water partition coefficient (Wildman–Crippen LogP) is -0.922. The van der Waals surface area contributed by atoms with Crippen LogP contribution in [0.2, 0.25) is 0 Å². The largest absolute Gasteiger partial charge is 0.391 e. The summed E-state index contributed by atoms with van der Waals surface area (Å²) in [6.07, 6.45) is 0.634. The Kier molecular flexibility index (Phi) is 0.436.